The maximum absolute atomic E-state index is 15.5. The van der Waals surface area contributed by atoms with E-state index in [0.717, 1.165) is 152 Å². The fraction of sp³-hybridized carbons (Fsp3) is 0.835. The summed E-state index contributed by atoms with van der Waals surface area (Å²) in [6.07, 6.45) is 53.3. The smallest absolute Gasteiger partial charge is 0.310 e. The summed E-state index contributed by atoms with van der Waals surface area (Å²) in [5.74, 6) is -3.18. The Morgan fingerprint density at radius 2 is 0.654 bits per heavy atom. The van der Waals surface area contributed by atoms with E-state index >= 15 is 9.59 Å². The predicted octanol–water partition coefficient (Wildman–Crippen LogP) is 27.9. The Kier molecular flexibility index (Phi) is 69.7. The number of carbonyl (C=O) groups is 6. The van der Waals surface area contributed by atoms with Gasteiger partial charge in [-0.25, -0.2) is 0 Å². The van der Waals surface area contributed by atoms with Crippen LogP contribution in [0.3, 0.4) is 0 Å². The molecule has 2 aliphatic heterocycles. The average Bonchev–Trinajstić information content (AvgIpc) is 0.784. The van der Waals surface area contributed by atoms with Gasteiger partial charge in [0.2, 0.25) is 11.8 Å². The number of benzene rings is 2. The first-order valence-corrected chi connectivity index (χ1v) is 53.3. The van der Waals surface area contributed by atoms with Crippen molar-refractivity contribution in [3.05, 3.63) is 71.8 Å². The molecule has 2 heterocycles. The van der Waals surface area contributed by atoms with Crippen molar-refractivity contribution in [1.29, 1.82) is 0 Å². The molecule has 0 radical (unpaired) electrons. The summed E-state index contributed by atoms with van der Waals surface area (Å²) in [4.78, 5) is 88.3. The zero-order chi connectivity index (χ0) is 91.6. The van der Waals surface area contributed by atoms with Gasteiger partial charge in [0.25, 0.3) is 0 Å². The van der Waals surface area contributed by atoms with Gasteiger partial charge in [-0.3, -0.25) is 28.8 Å². The van der Waals surface area contributed by atoms with Gasteiger partial charge in [0.1, 0.15) is 42.6 Å². The second kappa shape index (κ2) is 77.5. The number of carbonyl (C=O) groups excluding carboxylic acids is 6. The number of rotatable bonds is 84. The minimum absolute atomic E-state index is 0.0285. The van der Waals surface area contributed by atoms with E-state index < -0.39 is 91.2 Å². The number of hydrogen-bond acceptors (Lipinski definition) is 16. The lowest BCUT2D eigenvalue weighted by Crippen LogP contribution is -2.67. The highest BCUT2D eigenvalue weighted by Gasteiger charge is 2.52. The molecule has 14 atom stereocenters. The summed E-state index contributed by atoms with van der Waals surface area (Å²) in [5.41, 5.74) is 1.73. The molecular weight excluding hydrogens is 1590 g/mol. The maximum atomic E-state index is 15.5. The van der Waals surface area contributed by atoms with Crippen LogP contribution in [0.2, 0.25) is 0 Å². The van der Waals surface area contributed by atoms with Gasteiger partial charge in [-0.05, 0) is 61.5 Å². The van der Waals surface area contributed by atoms with E-state index in [2.05, 4.69) is 66.0 Å². The third kappa shape index (κ3) is 57.3. The first kappa shape index (κ1) is 114. The van der Waals surface area contributed by atoms with Gasteiger partial charge in [-0.1, -0.05) is 457 Å². The van der Waals surface area contributed by atoms with Crippen molar-refractivity contribution in [2.45, 2.75) is 554 Å². The largest absolute Gasteiger partial charge is 0.462 e. The van der Waals surface area contributed by atoms with Crippen molar-refractivity contribution >= 4 is 35.7 Å². The molecule has 18 nitrogen and oxygen atoms in total. The molecule has 2 aromatic rings. The molecule has 2 aliphatic rings. The van der Waals surface area contributed by atoms with Crippen LogP contribution in [0, 0.1) is 17.8 Å². The highest BCUT2D eigenvalue weighted by molar-refractivity contribution is 5.78. The van der Waals surface area contributed by atoms with Crippen LogP contribution >= 0.6 is 0 Å². The molecule has 0 aliphatic carbocycles. The Hall–Kier alpha value is -4.98. The zero-order valence-corrected chi connectivity index (χ0v) is 82.5. The van der Waals surface area contributed by atoms with Crippen LogP contribution in [0.25, 0.3) is 0 Å². The van der Waals surface area contributed by atoms with Gasteiger partial charge in [0.15, 0.2) is 18.7 Å². The summed E-state index contributed by atoms with van der Waals surface area (Å²) in [6, 6.07) is 17.0. The van der Waals surface area contributed by atoms with Crippen molar-refractivity contribution < 1.29 is 76.5 Å². The van der Waals surface area contributed by atoms with Gasteiger partial charge in [0, 0.05) is 31.6 Å². The monoisotopic (exact) mass is 1780 g/mol. The number of aliphatic hydroxyl groups excluding tert-OH is 1. The normalized spacial score (nSPS) is 19.8. The van der Waals surface area contributed by atoms with Gasteiger partial charge < -0.3 is 58.4 Å². The van der Waals surface area contributed by atoms with E-state index in [9.17, 15) is 24.3 Å². The minimum Gasteiger partial charge on any atom is -0.462 e. The van der Waals surface area contributed by atoms with Crippen LogP contribution < -0.4 is 10.6 Å². The summed E-state index contributed by atoms with van der Waals surface area (Å²) in [6.45, 7) is 19.3. The quantitative estimate of drug-likeness (QED) is 0.0318. The Bertz CT molecular complexity index is 2960. The Labute approximate surface area is 775 Å². The Balaban J connectivity index is 1.83. The minimum atomic E-state index is -1.62. The van der Waals surface area contributed by atoms with Crippen LogP contribution in [0.4, 0.5) is 0 Å². The van der Waals surface area contributed by atoms with Crippen LogP contribution in [-0.2, 0) is 84.6 Å². The van der Waals surface area contributed by atoms with E-state index in [0.29, 0.717) is 25.7 Å². The molecular formula is C109H190N2O16. The number of ether oxygens (including phenoxy) is 9. The standard InChI is InChI=1S/C109H190N2O16/c1-10-16-22-28-34-40-46-52-60-70-88(7)80-97(112)110-103-106(126-101(116)81-89(8)71-61-53-47-41-35-29-23-17-11-2)90(9)95(124-108(103)120-85-92-74-64-59-65-75-92)87-121-109-104(111-98(113)82-93(76-66-54-48-42-36-30-24-18-12-3)122-99(114)78-68-56-50-44-38-32-26-20-14-5)107(105(118)96(125-109)86-119-84-91-72-62-58-63-73-91)127-102(117)83-94(77-67-55-49-43-37-31-25-19-13-4)123-100(115)79-69-57-51-45-39-33-27-21-15-6/h58-59,62-65,72-75,88-90,93-96,103-109,118H,10-57,60-61,66-71,76-87H2,1-9H3,(H,110,112)(H,111,113)/t88-,89-,90-,93-,94-,95?,96?,103?,104?,105-,106+,107-,108+,109-/m1/s1. The lowest BCUT2D eigenvalue weighted by molar-refractivity contribution is -0.301. The third-order valence-corrected chi connectivity index (χ3v) is 26.3. The highest BCUT2D eigenvalue weighted by atomic mass is 16.7. The van der Waals surface area contributed by atoms with E-state index in [4.69, 9.17) is 42.6 Å². The van der Waals surface area contributed by atoms with E-state index in [-0.39, 0.29) is 94.6 Å². The predicted molar refractivity (Wildman–Crippen MR) is 517 cm³/mol. The molecule has 0 bridgehead atoms. The van der Waals surface area contributed by atoms with Crippen LogP contribution in [0.15, 0.2) is 60.7 Å². The summed E-state index contributed by atoms with van der Waals surface area (Å²) < 4.78 is 60.5. The summed E-state index contributed by atoms with van der Waals surface area (Å²) in [7, 11) is 0. The maximum Gasteiger partial charge on any atom is 0.310 e. The number of esters is 4. The number of aliphatic hydroxyl groups is 1. The fourth-order valence-electron chi connectivity index (χ4n) is 18.2. The Morgan fingerprint density at radius 3 is 1.06 bits per heavy atom. The molecule has 0 aromatic heterocycles. The molecule has 0 spiro atoms. The molecule has 2 fully saturated rings. The van der Waals surface area contributed by atoms with Crippen molar-refractivity contribution in [2.75, 3.05) is 13.2 Å². The molecule has 3 N–H and O–H groups in total. The van der Waals surface area contributed by atoms with Crippen molar-refractivity contribution in [1.82, 2.24) is 10.6 Å². The molecule has 127 heavy (non-hydrogen) atoms. The lowest BCUT2D eigenvalue weighted by Gasteiger charge is -2.47. The van der Waals surface area contributed by atoms with Gasteiger partial charge in [0.05, 0.1) is 45.4 Å². The third-order valence-electron chi connectivity index (χ3n) is 26.3. The number of unbranched alkanes of at least 4 members (excludes halogenated alkanes) is 48. The SMILES string of the molecule is CCCCCCCCCCCC(=O)O[C@H](CCCCCCCCCCC)CC(=O)NC1[C@H](OCC2O[C@H](OCc3ccccc3)C(NC(=O)C[C@H](C)CCCCCCCCCCC)[C@@H](OC(=O)C[C@H](C)CCCCCCCCCCC)[C@@H]2C)OC(COCc2ccccc2)[C@@H](O)[C@@H]1OC(=O)C[C@@H](CCCCCCCCCCC)OC(=O)CCCCCCCCCCC. The van der Waals surface area contributed by atoms with Crippen LogP contribution in [0.1, 0.15) is 484 Å². The van der Waals surface area contributed by atoms with Crippen molar-refractivity contribution in [3.8, 4) is 0 Å². The lowest BCUT2D eigenvalue weighted by atomic mass is 9.88. The van der Waals surface area contributed by atoms with Crippen LogP contribution in [0.5, 0.6) is 0 Å². The summed E-state index contributed by atoms with van der Waals surface area (Å²) >= 11 is 0. The van der Waals surface area contributed by atoms with Gasteiger partial charge in [-0.15, -0.1) is 0 Å². The van der Waals surface area contributed by atoms with E-state index in [1.165, 1.54) is 205 Å². The molecule has 2 saturated heterocycles. The molecule has 18 heteroatoms. The Morgan fingerprint density at radius 1 is 0.339 bits per heavy atom. The molecule has 2 aromatic carbocycles. The topological polar surface area (TPSA) is 230 Å². The first-order valence-electron chi connectivity index (χ1n) is 53.3. The number of amides is 2. The second-order valence-electron chi connectivity index (χ2n) is 38.5. The first-order chi connectivity index (χ1) is 62.0. The second-order valence-corrected chi connectivity index (χ2v) is 38.5. The number of hydrogen-bond donors (Lipinski definition) is 3. The number of nitrogens with one attached hydrogen (secondary N) is 2. The van der Waals surface area contributed by atoms with Crippen molar-refractivity contribution in [3.63, 3.8) is 0 Å². The fourth-order valence-corrected chi connectivity index (χ4v) is 18.2. The van der Waals surface area contributed by atoms with Crippen LogP contribution in [-0.4, -0.2) is 121 Å². The molecule has 2 amide bonds. The molecule has 0 saturated carbocycles. The van der Waals surface area contributed by atoms with Gasteiger partial charge >= 0.3 is 23.9 Å². The highest BCUT2D eigenvalue weighted by Crippen LogP contribution is 2.35. The van der Waals surface area contributed by atoms with E-state index in [1.807, 2.05) is 67.6 Å². The van der Waals surface area contributed by atoms with E-state index in [1.54, 1.807) is 0 Å². The average molecular weight is 1780 g/mol. The summed E-state index contributed by atoms with van der Waals surface area (Å²) in [5, 5.41) is 19.5. The molecule has 732 valence electrons. The zero-order valence-electron chi connectivity index (χ0n) is 82.5. The van der Waals surface area contributed by atoms with Gasteiger partial charge in [-0.2, -0.15) is 0 Å². The molecule has 4 unspecified atom stereocenters. The van der Waals surface area contributed by atoms with Crippen molar-refractivity contribution in [2.24, 2.45) is 17.8 Å². The molecule has 4 rings (SSSR count).